The molecule has 2 aliphatic rings. The summed E-state index contributed by atoms with van der Waals surface area (Å²) in [6.07, 6.45) is 4.08. The maximum absolute atomic E-state index is 9.87. The first kappa shape index (κ1) is 13.0. The summed E-state index contributed by atoms with van der Waals surface area (Å²) in [5.74, 6) is 1.98. The fourth-order valence-corrected chi connectivity index (χ4v) is 4.88. The van der Waals surface area contributed by atoms with E-state index in [1.54, 1.807) is 0 Å². The van der Waals surface area contributed by atoms with Gasteiger partial charge in [0.2, 0.25) is 0 Å². The monoisotopic (exact) mass is 258 g/mol. The zero-order valence-corrected chi connectivity index (χ0v) is 12.9. The van der Waals surface area contributed by atoms with Gasteiger partial charge in [0, 0.05) is 0 Å². The van der Waals surface area contributed by atoms with Gasteiger partial charge in [0.1, 0.15) is 5.75 Å². The van der Waals surface area contributed by atoms with Gasteiger partial charge in [-0.25, -0.2) is 0 Å². The molecule has 1 N–H and O–H groups in total. The second-order valence-corrected chi connectivity index (χ2v) is 7.59. The molecule has 3 rings (SSSR count). The van der Waals surface area contributed by atoms with E-state index in [0.29, 0.717) is 22.5 Å². The van der Waals surface area contributed by atoms with Crippen molar-refractivity contribution in [1.29, 1.82) is 0 Å². The highest BCUT2D eigenvalue weighted by Crippen LogP contribution is 2.71. The first-order valence-corrected chi connectivity index (χ1v) is 7.58. The van der Waals surface area contributed by atoms with Gasteiger partial charge in [-0.15, -0.1) is 0 Å². The SMILES string of the molecule is Cc1c(O)ccc(C2CC3CCC2(C)C3(C)C)c1C. The molecule has 3 atom stereocenters. The Morgan fingerprint density at radius 1 is 1.11 bits per heavy atom. The van der Waals surface area contributed by atoms with Gasteiger partial charge in [0.25, 0.3) is 0 Å². The lowest BCUT2D eigenvalue weighted by molar-refractivity contribution is 0.134. The van der Waals surface area contributed by atoms with E-state index in [1.165, 1.54) is 30.4 Å². The Kier molecular flexibility index (Phi) is 2.59. The summed E-state index contributed by atoms with van der Waals surface area (Å²) in [7, 11) is 0. The number of rotatable bonds is 1. The molecular formula is C18H26O. The van der Waals surface area contributed by atoms with Crippen molar-refractivity contribution in [3.8, 4) is 5.75 Å². The molecule has 2 saturated carbocycles. The van der Waals surface area contributed by atoms with Crippen molar-refractivity contribution in [3.63, 3.8) is 0 Å². The van der Waals surface area contributed by atoms with Gasteiger partial charge < -0.3 is 5.11 Å². The molecule has 0 spiro atoms. The summed E-state index contributed by atoms with van der Waals surface area (Å²) in [6.45, 7) is 11.6. The number of benzene rings is 1. The number of fused-ring (bicyclic) bond motifs is 2. The largest absolute Gasteiger partial charge is 0.508 e. The van der Waals surface area contributed by atoms with Gasteiger partial charge in [0.15, 0.2) is 0 Å². The number of phenols is 1. The lowest BCUT2D eigenvalue weighted by atomic mass is 9.64. The van der Waals surface area contributed by atoms with E-state index in [4.69, 9.17) is 0 Å². The molecule has 1 aromatic rings. The van der Waals surface area contributed by atoms with Gasteiger partial charge in [-0.2, -0.15) is 0 Å². The predicted molar refractivity (Wildman–Crippen MR) is 79.6 cm³/mol. The second kappa shape index (κ2) is 3.77. The third-order valence-corrected chi connectivity index (χ3v) is 6.97. The maximum atomic E-state index is 9.87. The predicted octanol–water partition coefficient (Wildman–Crippen LogP) is 4.94. The zero-order valence-electron chi connectivity index (χ0n) is 12.9. The van der Waals surface area contributed by atoms with Crippen LogP contribution < -0.4 is 0 Å². The standard InChI is InChI=1S/C18H26O/c1-11-12(2)16(19)7-6-14(11)15-10-13-8-9-18(15,5)17(13,3)4/h6-7,13,15,19H,8-10H2,1-5H3. The van der Waals surface area contributed by atoms with E-state index in [2.05, 4.69) is 33.8 Å². The molecule has 0 aliphatic heterocycles. The third kappa shape index (κ3) is 1.48. The maximum Gasteiger partial charge on any atom is 0.118 e. The summed E-state index contributed by atoms with van der Waals surface area (Å²) < 4.78 is 0. The Morgan fingerprint density at radius 2 is 1.79 bits per heavy atom. The van der Waals surface area contributed by atoms with Crippen LogP contribution in [0.2, 0.25) is 0 Å². The summed E-state index contributed by atoms with van der Waals surface area (Å²) in [6, 6.07) is 4.06. The lowest BCUT2D eigenvalue weighted by Gasteiger charge is -2.40. The van der Waals surface area contributed by atoms with Crippen LogP contribution in [0.3, 0.4) is 0 Å². The quantitative estimate of drug-likeness (QED) is 0.756. The van der Waals surface area contributed by atoms with E-state index in [0.717, 1.165) is 11.5 Å². The number of hydrogen-bond acceptors (Lipinski definition) is 1. The molecule has 2 bridgehead atoms. The highest BCUT2D eigenvalue weighted by atomic mass is 16.3. The van der Waals surface area contributed by atoms with Gasteiger partial charge in [-0.05, 0) is 78.5 Å². The van der Waals surface area contributed by atoms with Crippen molar-refractivity contribution in [2.75, 3.05) is 0 Å². The fraction of sp³-hybridized carbons (Fsp3) is 0.667. The van der Waals surface area contributed by atoms with Crippen LogP contribution in [-0.4, -0.2) is 5.11 Å². The van der Waals surface area contributed by atoms with Crippen molar-refractivity contribution < 1.29 is 5.11 Å². The summed E-state index contributed by atoms with van der Waals surface area (Å²) in [5, 5.41) is 9.87. The minimum atomic E-state index is 0.422. The molecule has 0 heterocycles. The van der Waals surface area contributed by atoms with E-state index in [9.17, 15) is 5.11 Å². The Labute approximate surface area is 117 Å². The van der Waals surface area contributed by atoms with Crippen molar-refractivity contribution in [1.82, 2.24) is 0 Å². The van der Waals surface area contributed by atoms with Crippen LogP contribution in [0, 0.1) is 30.6 Å². The highest BCUT2D eigenvalue weighted by molar-refractivity contribution is 5.45. The Hall–Kier alpha value is -0.980. The molecule has 104 valence electrons. The fourth-order valence-electron chi connectivity index (χ4n) is 4.88. The van der Waals surface area contributed by atoms with Gasteiger partial charge in [0.05, 0.1) is 0 Å². The summed E-state index contributed by atoms with van der Waals surface area (Å²) in [5.41, 5.74) is 4.71. The molecule has 3 unspecified atom stereocenters. The summed E-state index contributed by atoms with van der Waals surface area (Å²) >= 11 is 0. The molecule has 0 amide bonds. The minimum Gasteiger partial charge on any atom is -0.508 e. The third-order valence-electron chi connectivity index (χ3n) is 6.97. The van der Waals surface area contributed by atoms with Crippen molar-refractivity contribution in [2.24, 2.45) is 16.7 Å². The van der Waals surface area contributed by atoms with Gasteiger partial charge >= 0.3 is 0 Å². The first-order chi connectivity index (χ1) is 8.79. The van der Waals surface area contributed by atoms with Gasteiger partial charge in [-0.1, -0.05) is 26.8 Å². The normalized spacial score (nSPS) is 35.8. The lowest BCUT2D eigenvalue weighted by Crippen LogP contribution is -2.31. The Bertz CT molecular complexity index is 529. The molecule has 1 aromatic carbocycles. The van der Waals surface area contributed by atoms with Crippen LogP contribution >= 0.6 is 0 Å². The van der Waals surface area contributed by atoms with Crippen LogP contribution in [0.5, 0.6) is 5.75 Å². The average molecular weight is 258 g/mol. The van der Waals surface area contributed by atoms with Crippen LogP contribution in [-0.2, 0) is 0 Å². The topological polar surface area (TPSA) is 20.2 Å². The molecule has 2 aliphatic carbocycles. The molecule has 0 saturated heterocycles. The van der Waals surface area contributed by atoms with Crippen molar-refractivity contribution in [2.45, 2.75) is 59.8 Å². The summed E-state index contributed by atoms with van der Waals surface area (Å²) in [4.78, 5) is 0. The van der Waals surface area contributed by atoms with Crippen LogP contribution in [0.1, 0.15) is 62.6 Å². The molecule has 2 fully saturated rings. The second-order valence-electron chi connectivity index (χ2n) is 7.59. The van der Waals surface area contributed by atoms with E-state index in [1.807, 2.05) is 13.0 Å². The number of hydrogen-bond donors (Lipinski definition) is 1. The van der Waals surface area contributed by atoms with Crippen LogP contribution in [0.25, 0.3) is 0 Å². The molecule has 1 nitrogen and oxygen atoms in total. The molecular weight excluding hydrogens is 232 g/mol. The molecule has 19 heavy (non-hydrogen) atoms. The highest BCUT2D eigenvalue weighted by Gasteiger charge is 2.61. The van der Waals surface area contributed by atoms with Crippen molar-refractivity contribution >= 4 is 0 Å². The zero-order chi connectivity index (χ0) is 14.0. The molecule has 0 radical (unpaired) electrons. The average Bonchev–Trinajstić information content (AvgIpc) is 2.69. The van der Waals surface area contributed by atoms with Gasteiger partial charge in [-0.3, -0.25) is 0 Å². The van der Waals surface area contributed by atoms with Crippen LogP contribution in [0.4, 0.5) is 0 Å². The van der Waals surface area contributed by atoms with E-state index < -0.39 is 0 Å². The number of aromatic hydroxyl groups is 1. The smallest absolute Gasteiger partial charge is 0.118 e. The Morgan fingerprint density at radius 3 is 2.32 bits per heavy atom. The first-order valence-electron chi connectivity index (χ1n) is 7.58. The van der Waals surface area contributed by atoms with Crippen LogP contribution in [0.15, 0.2) is 12.1 Å². The minimum absolute atomic E-state index is 0.422. The van der Waals surface area contributed by atoms with Crippen molar-refractivity contribution in [3.05, 3.63) is 28.8 Å². The van der Waals surface area contributed by atoms with E-state index in [-0.39, 0.29) is 0 Å². The van der Waals surface area contributed by atoms with E-state index >= 15 is 0 Å². The molecule has 1 heteroatoms. The number of phenolic OH excluding ortho intramolecular Hbond substituents is 1. The molecule has 0 aromatic heterocycles. The Balaban J connectivity index is 2.09.